The van der Waals surface area contributed by atoms with Crippen LogP contribution in [0.5, 0.6) is 0 Å². The van der Waals surface area contributed by atoms with Crippen LogP contribution in [0.25, 0.3) is 0 Å². The zero-order chi connectivity index (χ0) is 14.6. The number of amides is 1. The van der Waals surface area contributed by atoms with Gasteiger partial charge in [-0.3, -0.25) is 4.79 Å². The van der Waals surface area contributed by atoms with E-state index in [-0.39, 0.29) is 17.9 Å². The number of thiol groups is 1. The molecule has 2 N–H and O–H groups in total. The Morgan fingerprint density at radius 2 is 2.05 bits per heavy atom. The van der Waals surface area contributed by atoms with Crippen molar-refractivity contribution in [3.63, 3.8) is 0 Å². The number of hydrogen-bond donors (Lipinski definition) is 3. The van der Waals surface area contributed by atoms with Crippen LogP contribution in [-0.4, -0.2) is 24.2 Å². The van der Waals surface area contributed by atoms with Gasteiger partial charge in [-0.05, 0) is 37.5 Å². The Balaban J connectivity index is 2.02. The number of aliphatic hydroxyl groups is 1. The number of aryl methyl sites for hydroxylation is 1. The van der Waals surface area contributed by atoms with Crippen LogP contribution in [0, 0.1) is 12.3 Å². The van der Waals surface area contributed by atoms with E-state index in [1.165, 1.54) is 6.42 Å². The summed E-state index contributed by atoms with van der Waals surface area (Å²) in [5, 5.41) is 12.7. The molecule has 0 spiro atoms. The largest absolute Gasteiger partial charge is 0.396 e. The van der Waals surface area contributed by atoms with Gasteiger partial charge in [0.1, 0.15) is 0 Å². The van der Waals surface area contributed by atoms with Crippen LogP contribution in [0.1, 0.15) is 48.0 Å². The first-order valence-corrected chi connectivity index (χ1v) is 7.70. The lowest BCUT2D eigenvalue weighted by Gasteiger charge is -2.35. The highest BCUT2D eigenvalue weighted by Crippen LogP contribution is 2.35. The van der Waals surface area contributed by atoms with Crippen molar-refractivity contribution < 1.29 is 9.90 Å². The summed E-state index contributed by atoms with van der Waals surface area (Å²) < 4.78 is 0. The summed E-state index contributed by atoms with van der Waals surface area (Å²) in [7, 11) is 0. The summed E-state index contributed by atoms with van der Waals surface area (Å²) >= 11 is 4.28. The molecule has 2 rings (SSSR count). The van der Waals surface area contributed by atoms with Crippen LogP contribution in [0.4, 0.5) is 0 Å². The summed E-state index contributed by atoms with van der Waals surface area (Å²) in [6.45, 7) is 2.63. The highest BCUT2D eigenvalue weighted by molar-refractivity contribution is 7.80. The minimum absolute atomic E-state index is 0.0724. The second-order valence-corrected chi connectivity index (χ2v) is 6.42. The van der Waals surface area contributed by atoms with Gasteiger partial charge in [0, 0.05) is 22.4 Å². The van der Waals surface area contributed by atoms with E-state index in [1.807, 2.05) is 19.1 Å². The average Bonchev–Trinajstić information content (AvgIpc) is 2.48. The first kappa shape index (κ1) is 15.4. The predicted octanol–water partition coefficient (Wildman–Crippen LogP) is 2.96. The summed E-state index contributed by atoms with van der Waals surface area (Å²) in [6.07, 6.45) is 5.50. The van der Waals surface area contributed by atoms with Crippen molar-refractivity contribution in [1.29, 1.82) is 0 Å². The van der Waals surface area contributed by atoms with E-state index in [1.54, 1.807) is 6.07 Å². The summed E-state index contributed by atoms with van der Waals surface area (Å²) in [5.41, 5.74) is 1.49. The van der Waals surface area contributed by atoms with Crippen molar-refractivity contribution in [2.45, 2.75) is 43.9 Å². The second-order valence-electron chi connectivity index (χ2n) is 5.90. The monoisotopic (exact) mass is 293 g/mol. The lowest BCUT2D eigenvalue weighted by atomic mass is 9.74. The third kappa shape index (κ3) is 3.55. The Morgan fingerprint density at radius 1 is 1.35 bits per heavy atom. The Hall–Kier alpha value is -1.00. The summed E-state index contributed by atoms with van der Waals surface area (Å²) in [6, 6.07) is 5.57. The minimum atomic E-state index is -0.125. The highest BCUT2D eigenvalue weighted by atomic mass is 32.1. The molecule has 20 heavy (non-hydrogen) atoms. The standard InChI is InChI=1S/C16H23NO2S/c1-12-5-6-13(20)9-14(12)15(19)17-10-16(11-18)7-3-2-4-8-16/h5-6,9,18,20H,2-4,7-8,10-11H2,1H3,(H,17,19). The van der Waals surface area contributed by atoms with E-state index in [9.17, 15) is 9.90 Å². The third-order valence-electron chi connectivity index (χ3n) is 4.34. The molecule has 0 heterocycles. The van der Waals surface area contributed by atoms with Crippen LogP contribution in [-0.2, 0) is 0 Å². The van der Waals surface area contributed by atoms with E-state index in [0.717, 1.165) is 36.1 Å². The van der Waals surface area contributed by atoms with Crippen LogP contribution in [0.2, 0.25) is 0 Å². The van der Waals surface area contributed by atoms with Crippen molar-refractivity contribution in [1.82, 2.24) is 5.32 Å². The van der Waals surface area contributed by atoms with E-state index in [2.05, 4.69) is 17.9 Å². The molecule has 0 aromatic heterocycles. The van der Waals surface area contributed by atoms with E-state index >= 15 is 0 Å². The molecular weight excluding hydrogens is 270 g/mol. The molecule has 1 aromatic rings. The van der Waals surface area contributed by atoms with Gasteiger partial charge in [0.25, 0.3) is 5.91 Å². The maximum atomic E-state index is 12.3. The summed E-state index contributed by atoms with van der Waals surface area (Å²) in [4.78, 5) is 13.1. The number of carbonyl (C=O) groups is 1. The second kappa shape index (κ2) is 6.64. The molecule has 1 saturated carbocycles. The molecule has 0 aliphatic heterocycles. The fourth-order valence-corrected chi connectivity index (χ4v) is 3.11. The van der Waals surface area contributed by atoms with E-state index in [0.29, 0.717) is 12.1 Å². The van der Waals surface area contributed by atoms with E-state index < -0.39 is 0 Å². The molecule has 1 fully saturated rings. The Labute approximate surface area is 126 Å². The molecule has 1 aliphatic rings. The minimum Gasteiger partial charge on any atom is -0.396 e. The first-order chi connectivity index (χ1) is 9.56. The van der Waals surface area contributed by atoms with Crippen molar-refractivity contribution >= 4 is 18.5 Å². The van der Waals surface area contributed by atoms with Crippen molar-refractivity contribution in [2.75, 3.05) is 13.2 Å². The molecule has 0 saturated heterocycles. The molecule has 1 aliphatic carbocycles. The van der Waals surface area contributed by atoms with Gasteiger partial charge in [0.05, 0.1) is 6.61 Å². The van der Waals surface area contributed by atoms with Gasteiger partial charge in [0.2, 0.25) is 0 Å². The molecule has 0 bridgehead atoms. The first-order valence-electron chi connectivity index (χ1n) is 7.25. The number of benzene rings is 1. The lowest BCUT2D eigenvalue weighted by Crippen LogP contribution is -2.41. The number of rotatable bonds is 4. The lowest BCUT2D eigenvalue weighted by molar-refractivity contribution is 0.0717. The van der Waals surface area contributed by atoms with Crippen LogP contribution in [0.3, 0.4) is 0 Å². The van der Waals surface area contributed by atoms with Crippen molar-refractivity contribution in [3.05, 3.63) is 29.3 Å². The molecule has 0 unspecified atom stereocenters. The quantitative estimate of drug-likeness (QED) is 0.748. The van der Waals surface area contributed by atoms with E-state index in [4.69, 9.17) is 0 Å². The fourth-order valence-electron chi connectivity index (χ4n) is 2.91. The Morgan fingerprint density at radius 3 is 2.70 bits per heavy atom. The van der Waals surface area contributed by atoms with Gasteiger partial charge in [-0.25, -0.2) is 0 Å². The maximum Gasteiger partial charge on any atom is 0.251 e. The average molecular weight is 293 g/mol. The smallest absolute Gasteiger partial charge is 0.251 e. The van der Waals surface area contributed by atoms with Crippen LogP contribution < -0.4 is 5.32 Å². The van der Waals surface area contributed by atoms with Gasteiger partial charge in [-0.1, -0.05) is 25.3 Å². The van der Waals surface area contributed by atoms with Crippen LogP contribution >= 0.6 is 12.6 Å². The molecule has 1 aromatic carbocycles. The van der Waals surface area contributed by atoms with Gasteiger partial charge in [-0.15, -0.1) is 12.6 Å². The molecular formula is C16H23NO2S. The zero-order valence-corrected chi connectivity index (χ0v) is 12.9. The predicted molar refractivity (Wildman–Crippen MR) is 83.4 cm³/mol. The molecule has 110 valence electrons. The number of aliphatic hydroxyl groups excluding tert-OH is 1. The van der Waals surface area contributed by atoms with Crippen molar-refractivity contribution in [2.24, 2.45) is 5.41 Å². The van der Waals surface area contributed by atoms with Gasteiger partial charge >= 0.3 is 0 Å². The summed E-state index contributed by atoms with van der Waals surface area (Å²) in [5.74, 6) is -0.0724. The van der Waals surface area contributed by atoms with Crippen molar-refractivity contribution in [3.8, 4) is 0 Å². The van der Waals surface area contributed by atoms with Crippen LogP contribution in [0.15, 0.2) is 23.1 Å². The fraction of sp³-hybridized carbons (Fsp3) is 0.562. The highest BCUT2D eigenvalue weighted by Gasteiger charge is 2.31. The Bertz CT molecular complexity index is 481. The molecule has 3 nitrogen and oxygen atoms in total. The molecule has 0 radical (unpaired) electrons. The number of carbonyl (C=O) groups excluding carboxylic acids is 1. The number of hydrogen-bond acceptors (Lipinski definition) is 3. The topological polar surface area (TPSA) is 49.3 Å². The molecule has 1 amide bonds. The normalized spacial score (nSPS) is 17.8. The van der Waals surface area contributed by atoms with Gasteiger partial charge < -0.3 is 10.4 Å². The SMILES string of the molecule is Cc1ccc(S)cc1C(=O)NCC1(CO)CCCCC1. The van der Waals surface area contributed by atoms with Gasteiger partial charge in [-0.2, -0.15) is 0 Å². The number of nitrogens with one attached hydrogen (secondary N) is 1. The third-order valence-corrected chi connectivity index (χ3v) is 4.62. The molecule has 0 atom stereocenters. The molecule has 4 heteroatoms. The maximum absolute atomic E-state index is 12.3. The zero-order valence-electron chi connectivity index (χ0n) is 12.0. The Kier molecular flexibility index (Phi) is 5.11. The van der Waals surface area contributed by atoms with Gasteiger partial charge in [0.15, 0.2) is 0 Å².